The van der Waals surface area contributed by atoms with E-state index in [2.05, 4.69) is 33.4 Å². The average molecular weight is 204 g/mol. The Balaban J connectivity index is 4.55. The van der Waals surface area contributed by atoms with Gasteiger partial charge in [-0.3, -0.25) is 4.79 Å². The minimum atomic E-state index is -0.462. The Morgan fingerprint density at radius 1 is 1.31 bits per heavy atom. The van der Waals surface area contributed by atoms with E-state index in [9.17, 15) is 4.79 Å². The molecule has 0 aliphatic rings. The molecule has 1 atom stereocenters. The van der Waals surface area contributed by atoms with Gasteiger partial charge in [0.05, 0.1) is 12.5 Å². The number of hydrogen-bond donors (Lipinski definition) is 1. The summed E-state index contributed by atoms with van der Waals surface area (Å²) in [6.07, 6.45) is 0.788. The van der Waals surface area contributed by atoms with E-state index in [-0.39, 0.29) is 11.4 Å². The zero-order valence-corrected chi connectivity index (χ0v) is 10.1. The van der Waals surface area contributed by atoms with Gasteiger partial charge in [0, 0.05) is 5.75 Å². The van der Waals surface area contributed by atoms with Crippen LogP contribution in [-0.4, -0.2) is 18.8 Å². The first-order chi connectivity index (χ1) is 5.75. The molecule has 0 N–H and O–H groups in total. The molecule has 0 aliphatic heterocycles. The second-order valence-corrected chi connectivity index (χ2v) is 5.26. The van der Waals surface area contributed by atoms with Crippen LogP contribution in [0.15, 0.2) is 0 Å². The maximum absolute atomic E-state index is 11.5. The van der Waals surface area contributed by atoms with Gasteiger partial charge in [-0.05, 0) is 18.8 Å². The lowest BCUT2D eigenvalue weighted by Crippen LogP contribution is -2.35. The largest absolute Gasteiger partial charge is 0.469 e. The summed E-state index contributed by atoms with van der Waals surface area (Å²) >= 11 is 4.21. The minimum absolute atomic E-state index is 0.117. The smallest absolute Gasteiger partial charge is 0.312 e. The van der Waals surface area contributed by atoms with E-state index in [1.54, 1.807) is 0 Å². The maximum Gasteiger partial charge on any atom is 0.312 e. The molecule has 0 heterocycles. The predicted octanol–water partition coefficient (Wildman–Crippen LogP) is 2.53. The van der Waals surface area contributed by atoms with Crippen LogP contribution in [-0.2, 0) is 9.53 Å². The fourth-order valence-corrected chi connectivity index (χ4v) is 1.85. The standard InChI is InChI=1S/C10H20O2S/c1-9(2,3)6-10(4,7-13)8(11)12-5/h13H,6-7H2,1-5H3. The van der Waals surface area contributed by atoms with Crippen LogP contribution < -0.4 is 0 Å². The molecule has 78 valence electrons. The van der Waals surface area contributed by atoms with Gasteiger partial charge in [0.25, 0.3) is 0 Å². The van der Waals surface area contributed by atoms with Gasteiger partial charge < -0.3 is 4.74 Å². The number of rotatable bonds is 3. The molecular weight excluding hydrogens is 184 g/mol. The lowest BCUT2D eigenvalue weighted by molar-refractivity contribution is -0.152. The Kier molecular flexibility index (Phi) is 4.30. The summed E-state index contributed by atoms with van der Waals surface area (Å²) in [5, 5.41) is 0. The third-order valence-electron chi connectivity index (χ3n) is 1.95. The Hall–Kier alpha value is -0.180. The second kappa shape index (κ2) is 4.36. The molecule has 0 fully saturated rings. The number of methoxy groups -OCH3 is 1. The Bertz CT molecular complexity index is 184. The lowest BCUT2D eigenvalue weighted by Gasteiger charge is -2.31. The Morgan fingerprint density at radius 3 is 2.00 bits per heavy atom. The maximum atomic E-state index is 11.5. The van der Waals surface area contributed by atoms with Gasteiger partial charge in [-0.25, -0.2) is 0 Å². The molecule has 0 amide bonds. The summed E-state index contributed by atoms with van der Waals surface area (Å²) in [6, 6.07) is 0. The van der Waals surface area contributed by atoms with Gasteiger partial charge >= 0.3 is 5.97 Å². The van der Waals surface area contributed by atoms with E-state index in [0.717, 1.165) is 6.42 Å². The number of carbonyl (C=O) groups excluding carboxylic acids is 1. The molecule has 0 aromatic rings. The summed E-state index contributed by atoms with van der Waals surface area (Å²) in [4.78, 5) is 11.5. The highest BCUT2D eigenvalue weighted by Gasteiger charge is 2.36. The van der Waals surface area contributed by atoms with Crippen molar-refractivity contribution in [3.05, 3.63) is 0 Å². The van der Waals surface area contributed by atoms with Crippen LogP contribution in [0.25, 0.3) is 0 Å². The van der Waals surface area contributed by atoms with Gasteiger partial charge in [-0.2, -0.15) is 12.6 Å². The van der Waals surface area contributed by atoms with Crippen LogP contribution in [0.4, 0.5) is 0 Å². The third kappa shape index (κ3) is 4.03. The molecule has 0 radical (unpaired) electrons. The van der Waals surface area contributed by atoms with Gasteiger partial charge in [-0.1, -0.05) is 20.8 Å². The normalized spacial score (nSPS) is 16.5. The average Bonchev–Trinajstić information content (AvgIpc) is 1.99. The summed E-state index contributed by atoms with van der Waals surface area (Å²) in [7, 11) is 1.42. The zero-order chi connectivity index (χ0) is 10.7. The first-order valence-electron chi connectivity index (χ1n) is 4.44. The van der Waals surface area contributed by atoms with Crippen molar-refractivity contribution in [3.63, 3.8) is 0 Å². The zero-order valence-electron chi connectivity index (χ0n) is 9.18. The molecule has 0 aromatic heterocycles. The Morgan fingerprint density at radius 2 is 1.77 bits per heavy atom. The molecule has 0 saturated heterocycles. The predicted molar refractivity (Wildman–Crippen MR) is 58.0 cm³/mol. The van der Waals surface area contributed by atoms with Crippen molar-refractivity contribution in [3.8, 4) is 0 Å². The number of ether oxygens (including phenoxy) is 1. The molecule has 0 saturated carbocycles. The molecule has 2 nitrogen and oxygen atoms in total. The number of esters is 1. The molecule has 3 heteroatoms. The molecule has 0 rings (SSSR count). The minimum Gasteiger partial charge on any atom is -0.469 e. The molecular formula is C10H20O2S. The van der Waals surface area contributed by atoms with E-state index in [4.69, 9.17) is 4.74 Å². The summed E-state index contributed by atoms with van der Waals surface area (Å²) in [5.41, 5.74) is -0.345. The summed E-state index contributed by atoms with van der Waals surface area (Å²) in [5.74, 6) is 0.356. The molecule has 0 spiro atoms. The topological polar surface area (TPSA) is 26.3 Å². The molecule has 0 bridgehead atoms. The third-order valence-corrected chi connectivity index (χ3v) is 2.65. The quantitative estimate of drug-likeness (QED) is 0.565. The highest BCUT2D eigenvalue weighted by atomic mass is 32.1. The fourth-order valence-electron chi connectivity index (χ4n) is 1.61. The second-order valence-electron chi connectivity index (χ2n) is 4.95. The number of hydrogen-bond acceptors (Lipinski definition) is 3. The van der Waals surface area contributed by atoms with Crippen LogP contribution in [0.2, 0.25) is 0 Å². The number of carbonyl (C=O) groups is 1. The highest BCUT2D eigenvalue weighted by molar-refractivity contribution is 7.80. The van der Waals surface area contributed by atoms with Crippen LogP contribution in [0.5, 0.6) is 0 Å². The van der Waals surface area contributed by atoms with Crippen LogP contribution in [0, 0.1) is 10.8 Å². The van der Waals surface area contributed by atoms with Crippen molar-refractivity contribution in [2.24, 2.45) is 10.8 Å². The monoisotopic (exact) mass is 204 g/mol. The van der Waals surface area contributed by atoms with E-state index < -0.39 is 5.41 Å². The Labute approximate surface area is 86.5 Å². The van der Waals surface area contributed by atoms with E-state index in [0.29, 0.717) is 5.75 Å². The fraction of sp³-hybridized carbons (Fsp3) is 0.900. The van der Waals surface area contributed by atoms with Gasteiger partial charge in [-0.15, -0.1) is 0 Å². The van der Waals surface area contributed by atoms with Gasteiger partial charge in [0.15, 0.2) is 0 Å². The van der Waals surface area contributed by atoms with Crippen molar-refractivity contribution >= 4 is 18.6 Å². The van der Waals surface area contributed by atoms with Crippen LogP contribution in [0.3, 0.4) is 0 Å². The highest BCUT2D eigenvalue weighted by Crippen LogP contribution is 2.35. The van der Waals surface area contributed by atoms with E-state index >= 15 is 0 Å². The summed E-state index contributed by atoms with van der Waals surface area (Å²) in [6.45, 7) is 8.23. The first-order valence-corrected chi connectivity index (χ1v) is 5.08. The lowest BCUT2D eigenvalue weighted by atomic mass is 9.76. The van der Waals surface area contributed by atoms with Gasteiger partial charge in [0.2, 0.25) is 0 Å². The van der Waals surface area contributed by atoms with Crippen LogP contribution >= 0.6 is 12.6 Å². The number of thiol groups is 1. The first kappa shape index (κ1) is 12.8. The molecule has 0 aromatic carbocycles. The molecule has 1 unspecified atom stereocenters. The van der Waals surface area contributed by atoms with Crippen molar-refractivity contribution in [1.82, 2.24) is 0 Å². The molecule has 0 aliphatic carbocycles. The summed E-state index contributed by atoms with van der Waals surface area (Å²) < 4.78 is 4.76. The van der Waals surface area contributed by atoms with Crippen molar-refractivity contribution in [2.75, 3.05) is 12.9 Å². The molecule has 13 heavy (non-hydrogen) atoms. The van der Waals surface area contributed by atoms with Gasteiger partial charge in [0.1, 0.15) is 0 Å². The van der Waals surface area contributed by atoms with E-state index in [1.165, 1.54) is 7.11 Å². The van der Waals surface area contributed by atoms with Crippen molar-refractivity contribution in [2.45, 2.75) is 34.1 Å². The van der Waals surface area contributed by atoms with Crippen molar-refractivity contribution < 1.29 is 9.53 Å². The van der Waals surface area contributed by atoms with Crippen molar-refractivity contribution in [1.29, 1.82) is 0 Å². The SMILES string of the molecule is COC(=O)C(C)(CS)CC(C)(C)C. The van der Waals surface area contributed by atoms with Crippen LogP contribution in [0.1, 0.15) is 34.1 Å². The van der Waals surface area contributed by atoms with E-state index in [1.807, 2.05) is 6.92 Å².